The monoisotopic (exact) mass is 524 g/mol. The van der Waals surface area contributed by atoms with Crippen LogP contribution in [-0.2, 0) is 22.6 Å². The summed E-state index contributed by atoms with van der Waals surface area (Å²) in [6.45, 7) is 5.12. The molecule has 1 amide bonds. The highest BCUT2D eigenvalue weighted by Crippen LogP contribution is 2.33. The molecule has 0 saturated carbocycles. The molecule has 9 heteroatoms. The van der Waals surface area contributed by atoms with E-state index in [0.717, 1.165) is 30.8 Å². The van der Waals surface area contributed by atoms with Crippen LogP contribution in [0.1, 0.15) is 31.1 Å². The van der Waals surface area contributed by atoms with Crippen LogP contribution in [0.4, 0.5) is 4.39 Å². The molecule has 5 rings (SSSR count). The van der Waals surface area contributed by atoms with Crippen LogP contribution in [-0.4, -0.2) is 60.9 Å². The number of amides is 1. The van der Waals surface area contributed by atoms with E-state index in [1.165, 1.54) is 12.1 Å². The van der Waals surface area contributed by atoms with Gasteiger partial charge in [0.1, 0.15) is 17.3 Å². The maximum Gasteiger partial charge on any atom is 0.265 e. The van der Waals surface area contributed by atoms with Crippen molar-refractivity contribution >= 4 is 5.91 Å². The topological polar surface area (TPSA) is 73.6 Å². The fourth-order valence-corrected chi connectivity index (χ4v) is 4.82. The first-order valence-electron chi connectivity index (χ1n) is 13.0. The van der Waals surface area contributed by atoms with Crippen LogP contribution in [0, 0.1) is 5.82 Å². The molecule has 1 aromatic heterocycles. The molecule has 0 radical (unpaired) electrons. The van der Waals surface area contributed by atoms with Crippen molar-refractivity contribution in [2.24, 2.45) is 0 Å². The first kappa shape index (κ1) is 26.1. The van der Waals surface area contributed by atoms with Crippen molar-refractivity contribution in [3.63, 3.8) is 0 Å². The number of carbonyl (C=O) groups is 1. The summed E-state index contributed by atoms with van der Waals surface area (Å²) in [5.41, 5.74) is 1.02. The van der Waals surface area contributed by atoms with E-state index >= 15 is 0 Å². The summed E-state index contributed by atoms with van der Waals surface area (Å²) in [6, 6.07) is 15.4. The third-order valence-electron chi connectivity index (χ3n) is 6.72. The third-order valence-corrected chi connectivity index (χ3v) is 6.72. The van der Waals surface area contributed by atoms with Crippen molar-refractivity contribution in [1.82, 2.24) is 9.80 Å². The molecule has 0 N–H and O–H groups in total. The maximum absolute atomic E-state index is 14.0. The summed E-state index contributed by atoms with van der Waals surface area (Å²) in [5.74, 6) is 1.79. The van der Waals surface area contributed by atoms with E-state index in [-0.39, 0.29) is 25.3 Å². The standard InChI is InChI=1S/C29H33FN2O6/c1-2-32(18-25-9-5-13-35-25)29(33)28(38-23-7-3-6-22(30)15-23)19-31(17-24-8-4-12-34-24)16-21-10-11-26-27(14-21)37-20-36-26/h3,5-7,9-11,13-15,24,28H,2,4,8,12,16-20H2,1H3. The van der Waals surface area contributed by atoms with Gasteiger partial charge in [-0.1, -0.05) is 12.1 Å². The molecule has 0 bridgehead atoms. The summed E-state index contributed by atoms with van der Waals surface area (Å²) in [7, 11) is 0. The van der Waals surface area contributed by atoms with Crippen molar-refractivity contribution in [3.05, 3.63) is 78.0 Å². The smallest absolute Gasteiger partial charge is 0.265 e. The second-order valence-electron chi connectivity index (χ2n) is 9.51. The van der Waals surface area contributed by atoms with Crippen LogP contribution in [0.3, 0.4) is 0 Å². The molecular formula is C29H33FN2O6. The Morgan fingerprint density at radius 3 is 2.76 bits per heavy atom. The minimum atomic E-state index is -0.873. The Kier molecular flexibility index (Phi) is 8.45. The second kappa shape index (κ2) is 12.3. The molecule has 38 heavy (non-hydrogen) atoms. The second-order valence-corrected chi connectivity index (χ2v) is 9.51. The first-order valence-corrected chi connectivity index (χ1v) is 13.0. The summed E-state index contributed by atoms with van der Waals surface area (Å²) in [5, 5.41) is 0. The maximum atomic E-state index is 14.0. The lowest BCUT2D eigenvalue weighted by atomic mass is 10.1. The fraction of sp³-hybridized carbons (Fsp3) is 0.414. The number of likely N-dealkylation sites (N-methyl/N-ethyl adjacent to an activating group) is 1. The molecule has 2 aromatic carbocycles. The Balaban J connectivity index is 1.39. The predicted octanol–water partition coefficient (Wildman–Crippen LogP) is 4.62. The molecule has 2 aliphatic heterocycles. The van der Waals surface area contributed by atoms with E-state index < -0.39 is 11.9 Å². The van der Waals surface area contributed by atoms with Crippen LogP contribution in [0.2, 0.25) is 0 Å². The van der Waals surface area contributed by atoms with Gasteiger partial charge in [0, 0.05) is 38.9 Å². The van der Waals surface area contributed by atoms with Gasteiger partial charge >= 0.3 is 0 Å². The van der Waals surface area contributed by atoms with Crippen LogP contribution < -0.4 is 14.2 Å². The number of halogens is 1. The van der Waals surface area contributed by atoms with Gasteiger partial charge in [-0.05, 0) is 61.7 Å². The average molecular weight is 525 g/mol. The Bertz CT molecular complexity index is 1200. The normalized spacial score (nSPS) is 17.1. The van der Waals surface area contributed by atoms with E-state index in [1.807, 2.05) is 31.2 Å². The first-order chi connectivity index (χ1) is 18.6. The van der Waals surface area contributed by atoms with Crippen LogP contribution in [0.15, 0.2) is 65.3 Å². The van der Waals surface area contributed by atoms with E-state index in [2.05, 4.69) is 4.90 Å². The molecule has 2 aliphatic rings. The highest BCUT2D eigenvalue weighted by Gasteiger charge is 2.30. The number of nitrogens with zero attached hydrogens (tertiary/aromatic N) is 2. The number of ether oxygens (including phenoxy) is 4. The van der Waals surface area contributed by atoms with Crippen LogP contribution in [0.25, 0.3) is 0 Å². The molecule has 8 nitrogen and oxygen atoms in total. The predicted molar refractivity (Wildman–Crippen MR) is 137 cm³/mol. The third kappa shape index (κ3) is 6.65. The minimum Gasteiger partial charge on any atom is -0.479 e. The molecule has 0 spiro atoms. The van der Waals surface area contributed by atoms with Crippen molar-refractivity contribution in [2.75, 3.05) is 33.0 Å². The van der Waals surface area contributed by atoms with Crippen molar-refractivity contribution < 1.29 is 32.5 Å². The van der Waals surface area contributed by atoms with Gasteiger partial charge in [0.05, 0.1) is 18.9 Å². The molecule has 2 atom stereocenters. The summed E-state index contributed by atoms with van der Waals surface area (Å²) < 4.78 is 42.6. The Morgan fingerprint density at radius 2 is 2.00 bits per heavy atom. The molecule has 1 fully saturated rings. The molecule has 1 saturated heterocycles. The zero-order chi connectivity index (χ0) is 26.3. The molecule has 2 unspecified atom stereocenters. The number of furan rings is 1. The molecule has 202 valence electrons. The van der Waals surface area contributed by atoms with Gasteiger partial charge in [-0.2, -0.15) is 0 Å². The van der Waals surface area contributed by atoms with Gasteiger partial charge < -0.3 is 28.3 Å². The largest absolute Gasteiger partial charge is 0.479 e. The highest BCUT2D eigenvalue weighted by molar-refractivity contribution is 5.81. The molecular weight excluding hydrogens is 491 g/mol. The van der Waals surface area contributed by atoms with Crippen LogP contribution in [0.5, 0.6) is 17.2 Å². The van der Waals surface area contributed by atoms with E-state index in [9.17, 15) is 9.18 Å². The Hall–Kier alpha value is -3.56. The Labute approximate surface area is 221 Å². The number of rotatable bonds is 12. The highest BCUT2D eigenvalue weighted by atomic mass is 19.1. The van der Waals surface area contributed by atoms with E-state index in [4.69, 9.17) is 23.4 Å². The number of fused-ring (bicyclic) bond motifs is 1. The van der Waals surface area contributed by atoms with E-state index in [0.29, 0.717) is 43.4 Å². The number of hydrogen-bond donors (Lipinski definition) is 0. The van der Waals surface area contributed by atoms with Crippen molar-refractivity contribution in [3.8, 4) is 17.2 Å². The lowest BCUT2D eigenvalue weighted by Crippen LogP contribution is -2.48. The number of benzene rings is 2. The quantitative estimate of drug-likeness (QED) is 0.342. The number of carbonyl (C=O) groups excluding carboxylic acids is 1. The molecule has 3 heterocycles. The minimum absolute atomic E-state index is 0.0688. The summed E-state index contributed by atoms with van der Waals surface area (Å²) in [4.78, 5) is 17.7. The Morgan fingerprint density at radius 1 is 1.11 bits per heavy atom. The fourth-order valence-electron chi connectivity index (χ4n) is 4.82. The zero-order valence-corrected chi connectivity index (χ0v) is 21.5. The zero-order valence-electron chi connectivity index (χ0n) is 21.5. The summed E-state index contributed by atoms with van der Waals surface area (Å²) >= 11 is 0. The van der Waals surface area contributed by atoms with Crippen molar-refractivity contribution in [1.29, 1.82) is 0 Å². The average Bonchev–Trinajstić information content (AvgIpc) is 3.70. The number of hydrogen-bond acceptors (Lipinski definition) is 7. The van der Waals surface area contributed by atoms with Crippen molar-refractivity contribution in [2.45, 2.75) is 45.1 Å². The van der Waals surface area contributed by atoms with Gasteiger partial charge in [-0.25, -0.2) is 4.39 Å². The molecule has 0 aliphatic carbocycles. The van der Waals surface area contributed by atoms with Gasteiger partial charge in [0.2, 0.25) is 6.79 Å². The summed E-state index contributed by atoms with van der Waals surface area (Å²) in [6.07, 6.45) is 2.75. The van der Waals surface area contributed by atoms with Gasteiger partial charge in [0.25, 0.3) is 5.91 Å². The lowest BCUT2D eigenvalue weighted by Gasteiger charge is -2.32. The molecule has 3 aromatic rings. The van der Waals surface area contributed by atoms with Gasteiger partial charge in [-0.3, -0.25) is 9.69 Å². The van der Waals surface area contributed by atoms with Gasteiger partial charge in [-0.15, -0.1) is 0 Å². The lowest BCUT2D eigenvalue weighted by molar-refractivity contribution is -0.140. The van der Waals surface area contributed by atoms with Crippen LogP contribution >= 0.6 is 0 Å². The SMILES string of the molecule is CCN(Cc1ccco1)C(=O)C(CN(Cc1ccc2c(c1)OCO2)CC1CCCO1)Oc1cccc(F)c1. The van der Waals surface area contributed by atoms with Gasteiger partial charge in [0.15, 0.2) is 17.6 Å². The van der Waals surface area contributed by atoms with E-state index in [1.54, 1.807) is 29.4 Å².